The number of benzene rings is 2. The van der Waals surface area contributed by atoms with Crippen LogP contribution in [-0.4, -0.2) is 22.7 Å². The second-order valence-corrected chi connectivity index (χ2v) is 6.61. The lowest BCUT2D eigenvalue weighted by Crippen LogP contribution is -1.99. The first-order valence-electron chi connectivity index (χ1n) is 8.23. The average Bonchev–Trinajstić information content (AvgIpc) is 3.04. The number of nitrogens with zero attached hydrogens (tertiary/aromatic N) is 1. The molecular formula is C20H19NO4S. The third kappa shape index (κ3) is 4.03. The highest BCUT2D eigenvalue weighted by Gasteiger charge is 2.16. The number of ether oxygens (including phenoxy) is 2. The fourth-order valence-electron chi connectivity index (χ4n) is 2.48. The van der Waals surface area contributed by atoms with E-state index in [1.54, 1.807) is 6.92 Å². The molecule has 0 aliphatic rings. The number of carboxylic acid groups (broad SMARTS) is 1. The highest BCUT2D eigenvalue weighted by molar-refractivity contribution is 7.17. The van der Waals surface area contributed by atoms with E-state index in [-0.39, 0.29) is 4.88 Å². The maximum atomic E-state index is 11.2. The van der Waals surface area contributed by atoms with E-state index in [0.717, 1.165) is 22.5 Å². The van der Waals surface area contributed by atoms with Crippen LogP contribution in [0, 0.1) is 6.92 Å². The molecule has 3 rings (SSSR count). The maximum absolute atomic E-state index is 11.2. The minimum Gasteiger partial charge on any atom is -0.490 e. The van der Waals surface area contributed by atoms with Gasteiger partial charge in [0.05, 0.1) is 12.3 Å². The molecule has 2 aromatic carbocycles. The second-order valence-electron chi connectivity index (χ2n) is 5.61. The Bertz CT molecular complexity index is 905. The summed E-state index contributed by atoms with van der Waals surface area (Å²) in [6, 6.07) is 15.4. The van der Waals surface area contributed by atoms with E-state index in [0.29, 0.717) is 35.4 Å². The van der Waals surface area contributed by atoms with Crippen molar-refractivity contribution < 1.29 is 19.4 Å². The molecule has 0 amide bonds. The molecule has 0 atom stereocenters. The molecule has 0 unspecified atom stereocenters. The summed E-state index contributed by atoms with van der Waals surface area (Å²) in [5.41, 5.74) is 2.39. The second kappa shape index (κ2) is 8.01. The lowest BCUT2D eigenvalue weighted by atomic mass is 10.2. The molecule has 5 nitrogen and oxygen atoms in total. The van der Waals surface area contributed by atoms with Crippen molar-refractivity contribution in [1.82, 2.24) is 4.98 Å². The summed E-state index contributed by atoms with van der Waals surface area (Å²) in [4.78, 5) is 15.9. The summed E-state index contributed by atoms with van der Waals surface area (Å²) in [5, 5.41) is 9.86. The molecule has 3 aromatic rings. The number of carboxylic acids is 1. The maximum Gasteiger partial charge on any atom is 0.347 e. The number of hydrogen-bond acceptors (Lipinski definition) is 5. The highest BCUT2D eigenvalue weighted by atomic mass is 32.1. The Morgan fingerprint density at radius 3 is 2.54 bits per heavy atom. The van der Waals surface area contributed by atoms with Crippen LogP contribution in [0.4, 0.5) is 0 Å². The van der Waals surface area contributed by atoms with Crippen LogP contribution in [0.2, 0.25) is 0 Å². The van der Waals surface area contributed by atoms with Gasteiger partial charge in [-0.3, -0.25) is 0 Å². The van der Waals surface area contributed by atoms with Crippen LogP contribution < -0.4 is 9.47 Å². The molecule has 0 spiro atoms. The molecule has 6 heteroatoms. The van der Waals surface area contributed by atoms with E-state index >= 15 is 0 Å². The van der Waals surface area contributed by atoms with Gasteiger partial charge in [0.25, 0.3) is 0 Å². The van der Waals surface area contributed by atoms with Crippen LogP contribution in [0.25, 0.3) is 10.6 Å². The molecule has 1 aromatic heterocycles. The minimum absolute atomic E-state index is 0.252. The summed E-state index contributed by atoms with van der Waals surface area (Å²) in [7, 11) is 0. The monoisotopic (exact) mass is 369 g/mol. The van der Waals surface area contributed by atoms with E-state index in [1.807, 2.05) is 55.5 Å². The van der Waals surface area contributed by atoms with E-state index in [1.165, 1.54) is 0 Å². The van der Waals surface area contributed by atoms with Crippen molar-refractivity contribution in [2.24, 2.45) is 0 Å². The molecule has 26 heavy (non-hydrogen) atoms. The molecule has 1 N–H and O–H groups in total. The van der Waals surface area contributed by atoms with Gasteiger partial charge < -0.3 is 14.6 Å². The smallest absolute Gasteiger partial charge is 0.347 e. The Balaban J connectivity index is 1.86. The number of aromatic nitrogens is 1. The Labute approximate surface area is 155 Å². The summed E-state index contributed by atoms with van der Waals surface area (Å²) in [5.74, 6) is 0.302. The van der Waals surface area contributed by atoms with E-state index < -0.39 is 5.97 Å². The molecule has 1 heterocycles. The fraction of sp³-hybridized carbons (Fsp3) is 0.200. The first kappa shape index (κ1) is 17.9. The van der Waals surface area contributed by atoms with Crippen LogP contribution in [0.3, 0.4) is 0 Å². The van der Waals surface area contributed by atoms with Crippen molar-refractivity contribution >= 4 is 17.3 Å². The first-order valence-corrected chi connectivity index (χ1v) is 9.04. The SMILES string of the molecule is CCOc1cc(-c2nc(C)c(C(=O)O)s2)ccc1OCc1ccccc1. The number of carbonyl (C=O) groups is 1. The molecule has 134 valence electrons. The normalized spacial score (nSPS) is 10.5. The lowest BCUT2D eigenvalue weighted by Gasteiger charge is -2.13. The van der Waals surface area contributed by atoms with Gasteiger partial charge in [-0.25, -0.2) is 9.78 Å². The zero-order valence-electron chi connectivity index (χ0n) is 14.6. The van der Waals surface area contributed by atoms with Crippen molar-refractivity contribution in [3.05, 3.63) is 64.7 Å². The van der Waals surface area contributed by atoms with Gasteiger partial charge >= 0.3 is 5.97 Å². The van der Waals surface area contributed by atoms with Gasteiger partial charge in [-0.05, 0) is 37.6 Å². The summed E-state index contributed by atoms with van der Waals surface area (Å²) in [6.07, 6.45) is 0. The van der Waals surface area contributed by atoms with Crippen molar-refractivity contribution in [1.29, 1.82) is 0 Å². The van der Waals surface area contributed by atoms with Gasteiger partial charge in [0.2, 0.25) is 0 Å². The topological polar surface area (TPSA) is 68.7 Å². The molecule has 0 fully saturated rings. The van der Waals surface area contributed by atoms with Crippen LogP contribution in [0.1, 0.15) is 27.9 Å². The fourth-order valence-corrected chi connectivity index (χ4v) is 3.38. The molecule has 0 saturated carbocycles. The molecule has 0 radical (unpaired) electrons. The Kier molecular flexibility index (Phi) is 5.53. The number of aromatic carboxylic acids is 1. The van der Waals surface area contributed by atoms with Gasteiger partial charge in [0.15, 0.2) is 11.5 Å². The quantitative estimate of drug-likeness (QED) is 0.648. The third-order valence-electron chi connectivity index (χ3n) is 3.72. The molecule has 0 aliphatic heterocycles. The van der Waals surface area contributed by atoms with Crippen LogP contribution in [0.15, 0.2) is 48.5 Å². The van der Waals surface area contributed by atoms with E-state index in [4.69, 9.17) is 9.47 Å². The lowest BCUT2D eigenvalue weighted by molar-refractivity contribution is 0.0701. The predicted molar refractivity (Wildman–Crippen MR) is 101 cm³/mol. The van der Waals surface area contributed by atoms with Crippen molar-refractivity contribution in [2.45, 2.75) is 20.5 Å². The minimum atomic E-state index is -0.959. The van der Waals surface area contributed by atoms with Crippen molar-refractivity contribution in [3.8, 4) is 22.1 Å². The van der Waals surface area contributed by atoms with Crippen molar-refractivity contribution in [2.75, 3.05) is 6.61 Å². The van der Waals surface area contributed by atoms with Crippen LogP contribution in [0.5, 0.6) is 11.5 Å². The third-order valence-corrected chi connectivity index (χ3v) is 4.91. The summed E-state index contributed by atoms with van der Waals surface area (Å²) in [6.45, 7) is 4.55. The van der Waals surface area contributed by atoms with Crippen molar-refractivity contribution in [3.63, 3.8) is 0 Å². The Morgan fingerprint density at radius 1 is 1.12 bits per heavy atom. The number of thiazole rings is 1. The van der Waals surface area contributed by atoms with E-state index in [2.05, 4.69) is 4.98 Å². The highest BCUT2D eigenvalue weighted by Crippen LogP contribution is 2.35. The predicted octanol–water partition coefficient (Wildman–Crippen LogP) is 4.79. The zero-order chi connectivity index (χ0) is 18.5. The number of rotatable bonds is 7. The largest absolute Gasteiger partial charge is 0.490 e. The Hall–Kier alpha value is -2.86. The van der Waals surface area contributed by atoms with Crippen LogP contribution >= 0.6 is 11.3 Å². The van der Waals surface area contributed by atoms with Gasteiger partial charge in [0.1, 0.15) is 16.5 Å². The summed E-state index contributed by atoms with van der Waals surface area (Å²) >= 11 is 1.16. The molecular weight excluding hydrogens is 350 g/mol. The van der Waals surface area contributed by atoms with E-state index in [9.17, 15) is 9.90 Å². The van der Waals surface area contributed by atoms with Gasteiger partial charge in [0, 0.05) is 5.56 Å². The molecule has 0 saturated heterocycles. The average molecular weight is 369 g/mol. The van der Waals surface area contributed by atoms with Crippen LogP contribution in [-0.2, 0) is 6.61 Å². The first-order chi connectivity index (χ1) is 12.6. The number of aryl methyl sites for hydroxylation is 1. The zero-order valence-corrected chi connectivity index (χ0v) is 15.4. The number of hydrogen-bond donors (Lipinski definition) is 1. The molecule has 0 bridgehead atoms. The van der Waals surface area contributed by atoms with Gasteiger partial charge in [-0.2, -0.15) is 0 Å². The standard InChI is InChI=1S/C20H19NO4S/c1-3-24-17-11-15(19-21-13(2)18(26-19)20(22)23)9-10-16(17)25-12-14-7-5-4-6-8-14/h4-11H,3,12H2,1-2H3,(H,22,23). The summed E-state index contributed by atoms with van der Waals surface area (Å²) < 4.78 is 11.6. The van der Waals surface area contributed by atoms with Gasteiger partial charge in [-0.1, -0.05) is 30.3 Å². The Morgan fingerprint density at radius 2 is 1.88 bits per heavy atom. The molecule has 0 aliphatic carbocycles. The van der Waals surface area contributed by atoms with Gasteiger partial charge in [-0.15, -0.1) is 11.3 Å².